The number of aromatic nitrogens is 2. The van der Waals surface area contributed by atoms with Crippen LogP contribution in [0.25, 0.3) is 16.6 Å². The van der Waals surface area contributed by atoms with Gasteiger partial charge in [0.2, 0.25) is 0 Å². The number of thioether (sulfide) groups is 1. The van der Waals surface area contributed by atoms with Crippen molar-refractivity contribution in [2.75, 3.05) is 19.5 Å². The molecule has 0 amide bonds. The lowest BCUT2D eigenvalue weighted by Crippen LogP contribution is -2.22. The third-order valence-corrected chi connectivity index (χ3v) is 5.16. The molecule has 0 saturated carbocycles. The van der Waals surface area contributed by atoms with E-state index in [2.05, 4.69) is 0 Å². The van der Waals surface area contributed by atoms with Gasteiger partial charge in [0.25, 0.3) is 5.56 Å². The van der Waals surface area contributed by atoms with Gasteiger partial charge in [0.15, 0.2) is 5.16 Å². The number of ether oxygens (including phenoxy) is 2. The standard InChI is InChI=1S/C21H22N2O4S/c1-3-27-19(24)13-8-14-28-21-22-16-10-5-4-9-15(16)20(25)23(21)17-11-6-7-12-18(17)26-2/h4-7,9-12H,3,8,13-14H2,1-2H3. The fourth-order valence-electron chi connectivity index (χ4n) is 2.85. The molecule has 3 rings (SSSR count). The summed E-state index contributed by atoms with van der Waals surface area (Å²) >= 11 is 1.44. The molecule has 0 saturated heterocycles. The van der Waals surface area contributed by atoms with Gasteiger partial charge in [0.1, 0.15) is 5.75 Å². The maximum atomic E-state index is 13.2. The second-order valence-electron chi connectivity index (χ2n) is 5.98. The molecule has 0 unspecified atom stereocenters. The van der Waals surface area contributed by atoms with E-state index >= 15 is 0 Å². The average molecular weight is 398 g/mol. The van der Waals surface area contributed by atoms with Crippen molar-refractivity contribution >= 4 is 28.6 Å². The van der Waals surface area contributed by atoms with Gasteiger partial charge >= 0.3 is 5.97 Å². The monoisotopic (exact) mass is 398 g/mol. The molecule has 146 valence electrons. The summed E-state index contributed by atoms with van der Waals surface area (Å²) in [5.74, 6) is 1.02. The van der Waals surface area contributed by atoms with E-state index in [9.17, 15) is 9.59 Å². The van der Waals surface area contributed by atoms with Crippen molar-refractivity contribution < 1.29 is 14.3 Å². The number of carbonyl (C=O) groups is 1. The maximum Gasteiger partial charge on any atom is 0.305 e. The number of hydrogen-bond donors (Lipinski definition) is 0. The molecular weight excluding hydrogens is 376 g/mol. The summed E-state index contributed by atoms with van der Waals surface area (Å²) in [5.41, 5.74) is 1.13. The maximum absolute atomic E-state index is 13.2. The zero-order valence-corrected chi connectivity index (χ0v) is 16.7. The van der Waals surface area contributed by atoms with Crippen LogP contribution in [0.4, 0.5) is 0 Å². The second kappa shape index (κ2) is 9.41. The molecule has 0 spiro atoms. The molecule has 0 atom stereocenters. The Labute approximate surface area is 167 Å². The molecule has 0 aliphatic rings. The molecule has 0 fully saturated rings. The highest BCUT2D eigenvalue weighted by Gasteiger charge is 2.16. The van der Waals surface area contributed by atoms with Crippen LogP contribution in [0.2, 0.25) is 0 Å². The molecular formula is C21H22N2O4S. The molecule has 6 nitrogen and oxygen atoms in total. The lowest BCUT2D eigenvalue weighted by atomic mass is 10.2. The van der Waals surface area contributed by atoms with Crippen molar-refractivity contribution in [3.63, 3.8) is 0 Å². The van der Waals surface area contributed by atoms with Crippen LogP contribution in [0.5, 0.6) is 5.75 Å². The molecule has 0 N–H and O–H groups in total. The number of carbonyl (C=O) groups excluding carboxylic acids is 1. The predicted octanol–water partition coefficient (Wildman–Crippen LogP) is 3.83. The summed E-state index contributed by atoms with van der Waals surface area (Å²) in [7, 11) is 1.57. The van der Waals surface area contributed by atoms with Crippen molar-refractivity contribution in [3.05, 3.63) is 58.9 Å². The van der Waals surface area contributed by atoms with Crippen LogP contribution in [-0.4, -0.2) is 35.0 Å². The van der Waals surface area contributed by atoms with Crippen LogP contribution >= 0.6 is 11.8 Å². The van der Waals surface area contributed by atoms with Crippen LogP contribution < -0.4 is 10.3 Å². The van der Waals surface area contributed by atoms with Gasteiger partial charge in [-0.3, -0.25) is 14.2 Å². The SMILES string of the molecule is CCOC(=O)CCCSc1nc2ccccc2c(=O)n1-c1ccccc1OC. The Morgan fingerprint density at radius 3 is 2.68 bits per heavy atom. The topological polar surface area (TPSA) is 70.4 Å². The van der Waals surface area contributed by atoms with E-state index in [0.717, 1.165) is 0 Å². The molecule has 0 aliphatic heterocycles. The van der Waals surface area contributed by atoms with E-state index in [1.165, 1.54) is 11.8 Å². The fourth-order valence-corrected chi connectivity index (χ4v) is 3.79. The van der Waals surface area contributed by atoms with Crippen LogP contribution in [-0.2, 0) is 9.53 Å². The molecule has 0 radical (unpaired) electrons. The highest BCUT2D eigenvalue weighted by molar-refractivity contribution is 7.99. The van der Waals surface area contributed by atoms with Crippen LogP contribution in [0, 0.1) is 0 Å². The Bertz CT molecular complexity index is 1030. The number of fused-ring (bicyclic) bond motifs is 1. The molecule has 0 aliphatic carbocycles. The third-order valence-electron chi connectivity index (χ3n) is 4.13. The van der Waals surface area contributed by atoms with Crippen molar-refractivity contribution in [2.45, 2.75) is 24.9 Å². The van der Waals surface area contributed by atoms with Crippen LogP contribution in [0.1, 0.15) is 19.8 Å². The van der Waals surface area contributed by atoms with Gasteiger partial charge in [-0.05, 0) is 37.6 Å². The normalized spacial score (nSPS) is 10.8. The minimum atomic E-state index is -0.211. The smallest absolute Gasteiger partial charge is 0.305 e. The molecule has 0 bridgehead atoms. The first-order chi connectivity index (χ1) is 13.7. The summed E-state index contributed by atoms with van der Waals surface area (Å²) in [5, 5.41) is 1.11. The quantitative estimate of drug-likeness (QED) is 0.249. The summed E-state index contributed by atoms with van der Waals surface area (Å²) in [6.07, 6.45) is 0.978. The number of nitrogens with zero attached hydrogens (tertiary/aromatic N) is 2. The van der Waals surface area contributed by atoms with Crippen molar-refractivity contribution in [2.24, 2.45) is 0 Å². The molecule has 1 heterocycles. The summed E-state index contributed by atoms with van der Waals surface area (Å²) < 4.78 is 12.0. The first-order valence-corrected chi connectivity index (χ1v) is 10.1. The molecule has 2 aromatic carbocycles. The summed E-state index contributed by atoms with van der Waals surface area (Å²) in [6, 6.07) is 14.6. The Kier molecular flexibility index (Phi) is 6.71. The van der Waals surface area contributed by atoms with Gasteiger partial charge in [0.05, 0.1) is 30.3 Å². The van der Waals surface area contributed by atoms with Gasteiger partial charge in [0, 0.05) is 12.2 Å². The van der Waals surface area contributed by atoms with Gasteiger partial charge < -0.3 is 9.47 Å². The van der Waals surface area contributed by atoms with E-state index in [-0.39, 0.29) is 11.5 Å². The number of para-hydroxylation sites is 3. The van der Waals surface area contributed by atoms with Crippen molar-refractivity contribution in [3.8, 4) is 11.4 Å². The fraction of sp³-hybridized carbons (Fsp3) is 0.286. The highest BCUT2D eigenvalue weighted by Crippen LogP contribution is 2.27. The highest BCUT2D eigenvalue weighted by atomic mass is 32.2. The minimum Gasteiger partial charge on any atom is -0.495 e. The number of esters is 1. The lowest BCUT2D eigenvalue weighted by Gasteiger charge is -2.15. The predicted molar refractivity (Wildman–Crippen MR) is 110 cm³/mol. The molecule has 7 heteroatoms. The van der Waals surface area contributed by atoms with E-state index in [4.69, 9.17) is 14.5 Å². The van der Waals surface area contributed by atoms with Crippen LogP contribution in [0.3, 0.4) is 0 Å². The number of rotatable bonds is 8. The van der Waals surface area contributed by atoms with Gasteiger partial charge in [-0.25, -0.2) is 4.98 Å². The minimum absolute atomic E-state index is 0.150. The Morgan fingerprint density at radius 1 is 1.14 bits per heavy atom. The summed E-state index contributed by atoms with van der Waals surface area (Å²) in [6.45, 7) is 2.17. The van der Waals surface area contributed by atoms with E-state index in [0.29, 0.717) is 52.7 Å². The van der Waals surface area contributed by atoms with Gasteiger partial charge in [-0.1, -0.05) is 36.0 Å². The first kappa shape index (κ1) is 19.9. The third kappa shape index (κ3) is 4.36. The molecule has 28 heavy (non-hydrogen) atoms. The zero-order chi connectivity index (χ0) is 19.9. The average Bonchev–Trinajstić information content (AvgIpc) is 2.72. The van der Waals surface area contributed by atoms with Crippen molar-refractivity contribution in [1.82, 2.24) is 9.55 Å². The first-order valence-electron chi connectivity index (χ1n) is 9.09. The van der Waals surface area contributed by atoms with Gasteiger partial charge in [-0.2, -0.15) is 0 Å². The van der Waals surface area contributed by atoms with E-state index in [1.54, 1.807) is 24.7 Å². The second-order valence-corrected chi connectivity index (χ2v) is 7.04. The van der Waals surface area contributed by atoms with Gasteiger partial charge in [-0.15, -0.1) is 0 Å². The Balaban J connectivity index is 1.98. The Hall–Kier alpha value is -2.80. The Morgan fingerprint density at radius 2 is 1.89 bits per heavy atom. The van der Waals surface area contributed by atoms with E-state index < -0.39 is 0 Å². The zero-order valence-electron chi connectivity index (χ0n) is 15.9. The number of benzene rings is 2. The molecule has 1 aromatic heterocycles. The number of hydrogen-bond acceptors (Lipinski definition) is 6. The summed E-state index contributed by atoms with van der Waals surface area (Å²) in [4.78, 5) is 29.5. The molecule has 3 aromatic rings. The van der Waals surface area contributed by atoms with E-state index in [1.807, 2.05) is 42.5 Å². The lowest BCUT2D eigenvalue weighted by molar-refractivity contribution is -0.143. The van der Waals surface area contributed by atoms with Crippen molar-refractivity contribution in [1.29, 1.82) is 0 Å². The largest absolute Gasteiger partial charge is 0.495 e. The van der Waals surface area contributed by atoms with Crippen LogP contribution in [0.15, 0.2) is 58.5 Å². The number of methoxy groups -OCH3 is 1.